The number of aromatic nitrogens is 4. The number of hydrogen-bond acceptors (Lipinski definition) is 9. The minimum Gasteiger partial charge on any atom is -0.452 e. The molecule has 0 radical (unpaired) electrons. The zero-order chi connectivity index (χ0) is 25.1. The van der Waals surface area contributed by atoms with E-state index >= 15 is 0 Å². The summed E-state index contributed by atoms with van der Waals surface area (Å²) in [6.45, 7) is 0.423. The monoisotopic (exact) mass is 520 g/mol. The normalized spacial score (nSPS) is 23.0. The molecule has 11 heteroatoms. The lowest BCUT2D eigenvalue weighted by molar-refractivity contribution is -0.163. The minimum atomic E-state index is -0.985. The van der Waals surface area contributed by atoms with E-state index in [4.69, 9.17) is 16.9 Å². The Morgan fingerprint density at radius 1 is 1.22 bits per heavy atom. The molecule has 36 heavy (non-hydrogen) atoms. The number of ether oxygens (including phenoxy) is 1. The van der Waals surface area contributed by atoms with Crippen LogP contribution in [0.4, 0.5) is 0 Å². The Bertz CT molecular complexity index is 1240. The first-order chi connectivity index (χ1) is 17.5. The van der Waals surface area contributed by atoms with Crippen LogP contribution >= 0.6 is 23.5 Å². The molecule has 184 valence electrons. The van der Waals surface area contributed by atoms with Gasteiger partial charge in [-0.2, -0.15) is 4.80 Å². The van der Waals surface area contributed by atoms with Gasteiger partial charge >= 0.3 is 5.97 Å². The fraction of sp³-hybridized carbons (Fsp3) is 0.320. The Morgan fingerprint density at radius 2 is 1.89 bits per heavy atom. The third kappa shape index (κ3) is 4.72. The number of hydrogen-bond donors (Lipinski definition) is 1. The van der Waals surface area contributed by atoms with E-state index in [-0.39, 0.29) is 30.3 Å². The Balaban J connectivity index is 1.42. The van der Waals surface area contributed by atoms with Crippen LogP contribution < -0.4 is 5.73 Å². The van der Waals surface area contributed by atoms with Crippen molar-refractivity contribution < 1.29 is 14.3 Å². The number of carbonyl (C=O) groups excluding carboxylic acids is 2. The lowest BCUT2D eigenvalue weighted by atomic mass is 9.89. The maximum atomic E-state index is 14.0. The Kier molecular flexibility index (Phi) is 7.00. The number of amides is 1. The van der Waals surface area contributed by atoms with E-state index in [0.717, 1.165) is 11.1 Å². The molecule has 2 aliphatic heterocycles. The number of terminal acetylenes is 1. The van der Waals surface area contributed by atoms with Crippen molar-refractivity contribution in [3.63, 3.8) is 0 Å². The van der Waals surface area contributed by atoms with Crippen LogP contribution in [0.3, 0.4) is 0 Å². The number of thioether (sulfide) groups is 2. The summed E-state index contributed by atoms with van der Waals surface area (Å²) in [4.78, 5) is 29.4. The van der Waals surface area contributed by atoms with Crippen molar-refractivity contribution in [2.24, 2.45) is 11.1 Å². The van der Waals surface area contributed by atoms with Crippen LogP contribution in [-0.4, -0.2) is 66.4 Å². The van der Waals surface area contributed by atoms with Crippen molar-refractivity contribution in [3.05, 3.63) is 71.8 Å². The van der Waals surface area contributed by atoms with E-state index in [1.807, 2.05) is 60.7 Å². The molecule has 2 aliphatic rings. The summed E-state index contributed by atoms with van der Waals surface area (Å²) in [7, 11) is 0. The number of fused-ring (bicyclic) bond motifs is 1. The molecular weight excluding hydrogens is 496 g/mol. The standard InChI is InChI=1S/C25H24N6O3S2/c1-2-13-31-28-24(27-29-31)36-16-25(14-30-21(32)19(26)22(30)35-15-25)23(33)34-20(17-9-5-3-6-10-17)18-11-7-4-8-12-18/h1,3-12,19-20,22H,13-16,26H2/t19?,22-,25?/m1/s1. The van der Waals surface area contributed by atoms with Crippen molar-refractivity contribution in [1.82, 2.24) is 25.1 Å². The van der Waals surface area contributed by atoms with Crippen molar-refractivity contribution in [3.8, 4) is 12.3 Å². The zero-order valence-electron chi connectivity index (χ0n) is 19.3. The quantitative estimate of drug-likeness (QED) is 0.206. The molecule has 0 spiro atoms. The van der Waals surface area contributed by atoms with Gasteiger partial charge in [0, 0.05) is 18.1 Å². The second kappa shape index (κ2) is 10.3. The number of β-lactam (4-membered cyclic amide) rings is 1. The number of carbonyl (C=O) groups is 2. The Morgan fingerprint density at radius 3 is 2.53 bits per heavy atom. The summed E-state index contributed by atoms with van der Waals surface area (Å²) < 4.78 is 6.24. The van der Waals surface area contributed by atoms with Gasteiger partial charge in [0.2, 0.25) is 11.1 Å². The second-order valence-corrected chi connectivity index (χ2v) is 10.7. The third-order valence-corrected chi connectivity index (χ3v) is 8.92. The zero-order valence-corrected chi connectivity index (χ0v) is 20.9. The van der Waals surface area contributed by atoms with Crippen LogP contribution in [0.25, 0.3) is 0 Å². The van der Waals surface area contributed by atoms with Crippen molar-refractivity contribution in [1.29, 1.82) is 0 Å². The van der Waals surface area contributed by atoms with Gasteiger partial charge in [-0.25, -0.2) is 0 Å². The highest BCUT2D eigenvalue weighted by Gasteiger charge is 2.56. The fourth-order valence-electron chi connectivity index (χ4n) is 4.25. The number of nitrogens with two attached hydrogens (primary N) is 1. The Labute approximate surface area is 217 Å². The van der Waals surface area contributed by atoms with Gasteiger partial charge in [0.15, 0.2) is 6.10 Å². The molecule has 2 N–H and O–H groups in total. The van der Waals surface area contributed by atoms with Gasteiger partial charge in [0.1, 0.15) is 23.4 Å². The summed E-state index contributed by atoms with van der Waals surface area (Å²) in [5, 5.41) is 12.5. The molecule has 3 atom stereocenters. The molecule has 9 nitrogen and oxygen atoms in total. The molecule has 0 saturated carbocycles. The van der Waals surface area contributed by atoms with E-state index in [1.54, 1.807) is 4.90 Å². The molecule has 0 aliphatic carbocycles. The molecule has 2 aromatic carbocycles. The number of nitrogens with zero attached hydrogens (tertiary/aromatic N) is 5. The molecule has 3 aromatic rings. The molecule has 1 amide bonds. The highest BCUT2D eigenvalue weighted by molar-refractivity contribution is 8.00. The molecule has 3 heterocycles. The number of esters is 1. The van der Waals surface area contributed by atoms with Gasteiger partial charge in [0.05, 0.1) is 0 Å². The molecule has 1 aromatic heterocycles. The SMILES string of the molecule is C#CCn1nnc(SCC2(C(=O)OC(c3ccccc3)c3ccccc3)CS[C@@H]3C(N)C(=O)N3C2)n1. The van der Waals surface area contributed by atoms with Crippen molar-refractivity contribution >= 4 is 35.4 Å². The summed E-state index contributed by atoms with van der Waals surface area (Å²) in [5.41, 5.74) is 6.73. The smallest absolute Gasteiger partial charge is 0.316 e. The van der Waals surface area contributed by atoms with Crippen LogP contribution in [0.1, 0.15) is 17.2 Å². The summed E-state index contributed by atoms with van der Waals surface area (Å²) in [6.07, 6.45) is 4.74. The maximum Gasteiger partial charge on any atom is 0.316 e. The first kappa shape index (κ1) is 24.4. The Hall–Kier alpha value is -3.33. The van der Waals surface area contributed by atoms with Crippen LogP contribution in [0.2, 0.25) is 0 Å². The molecule has 2 saturated heterocycles. The molecule has 5 rings (SSSR count). The molecule has 2 fully saturated rings. The van der Waals surface area contributed by atoms with Gasteiger partial charge in [-0.1, -0.05) is 78.3 Å². The highest BCUT2D eigenvalue weighted by Crippen LogP contribution is 2.45. The van der Waals surface area contributed by atoms with Gasteiger partial charge in [-0.05, 0) is 16.3 Å². The van der Waals surface area contributed by atoms with Gasteiger partial charge in [-0.3, -0.25) is 9.59 Å². The van der Waals surface area contributed by atoms with E-state index in [2.05, 4.69) is 21.3 Å². The lowest BCUT2D eigenvalue weighted by Crippen LogP contribution is -2.72. The van der Waals surface area contributed by atoms with Crippen LogP contribution in [0, 0.1) is 17.8 Å². The number of rotatable bonds is 8. The summed E-state index contributed by atoms with van der Waals surface area (Å²) >= 11 is 2.80. The van der Waals surface area contributed by atoms with Crippen molar-refractivity contribution in [2.75, 3.05) is 18.1 Å². The average Bonchev–Trinajstić information content (AvgIpc) is 3.38. The molecular formula is C25H24N6O3S2. The third-order valence-electron chi connectivity index (χ3n) is 6.19. The molecule has 0 bridgehead atoms. The fourth-order valence-corrected chi connectivity index (χ4v) is 6.83. The first-order valence-electron chi connectivity index (χ1n) is 11.3. The highest BCUT2D eigenvalue weighted by atomic mass is 32.2. The topological polar surface area (TPSA) is 116 Å². The largest absolute Gasteiger partial charge is 0.452 e. The predicted octanol–water partition coefficient (Wildman–Crippen LogP) is 1.96. The van der Waals surface area contributed by atoms with E-state index < -0.39 is 17.6 Å². The predicted molar refractivity (Wildman–Crippen MR) is 137 cm³/mol. The van der Waals surface area contributed by atoms with Crippen LogP contribution in [0.5, 0.6) is 0 Å². The van der Waals surface area contributed by atoms with E-state index in [0.29, 0.717) is 16.7 Å². The second-order valence-electron chi connectivity index (χ2n) is 8.68. The van der Waals surface area contributed by atoms with Crippen LogP contribution in [0.15, 0.2) is 65.8 Å². The molecule has 2 unspecified atom stereocenters. The summed E-state index contributed by atoms with van der Waals surface area (Å²) in [5.74, 6) is 2.68. The van der Waals surface area contributed by atoms with E-state index in [9.17, 15) is 9.59 Å². The maximum absolute atomic E-state index is 14.0. The van der Waals surface area contributed by atoms with Gasteiger partial charge < -0.3 is 15.4 Å². The lowest BCUT2D eigenvalue weighted by Gasteiger charge is -2.53. The van der Waals surface area contributed by atoms with Crippen molar-refractivity contribution in [2.45, 2.75) is 29.2 Å². The average molecular weight is 521 g/mol. The number of tetrazole rings is 1. The first-order valence-corrected chi connectivity index (χ1v) is 13.4. The van der Waals surface area contributed by atoms with E-state index in [1.165, 1.54) is 28.3 Å². The van der Waals surface area contributed by atoms with Crippen LogP contribution in [-0.2, 0) is 20.9 Å². The minimum absolute atomic E-state index is 0.128. The number of benzene rings is 2. The van der Waals surface area contributed by atoms with Gasteiger partial charge in [0.25, 0.3) is 0 Å². The summed E-state index contributed by atoms with van der Waals surface area (Å²) in [6, 6.07) is 18.7. The van der Waals surface area contributed by atoms with Gasteiger partial charge in [-0.15, -0.1) is 28.4 Å².